The fourth-order valence-electron chi connectivity index (χ4n) is 3.04. The fraction of sp³-hybridized carbons (Fsp3) is 0.455. The molecule has 1 aromatic carbocycles. The number of thioether (sulfide) groups is 1. The van der Waals surface area contributed by atoms with Gasteiger partial charge in [0.25, 0.3) is 0 Å². The molecular formula is C22H29N5O3S2. The third-order valence-electron chi connectivity index (χ3n) is 4.85. The van der Waals surface area contributed by atoms with Gasteiger partial charge in [-0.3, -0.25) is 4.79 Å². The molecule has 0 aliphatic heterocycles. The Bertz CT molecular complexity index is 1060. The van der Waals surface area contributed by atoms with E-state index in [0.29, 0.717) is 27.6 Å². The van der Waals surface area contributed by atoms with Gasteiger partial charge in [-0.25, -0.2) is 4.98 Å². The van der Waals surface area contributed by atoms with Crippen LogP contribution in [0, 0.1) is 13.8 Å². The van der Waals surface area contributed by atoms with Crippen LogP contribution in [-0.4, -0.2) is 38.0 Å². The molecule has 8 nitrogen and oxygen atoms in total. The molecule has 1 amide bonds. The van der Waals surface area contributed by atoms with Crippen molar-refractivity contribution < 1.29 is 14.3 Å². The summed E-state index contributed by atoms with van der Waals surface area (Å²) in [6.07, 6.45) is -0.360. The Morgan fingerprint density at radius 3 is 2.41 bits per heavy atom. The van der Waals surface area contributed by atoms with Crippen molar-refractivity contribution in [2.45, 2.75) is 64.1 Å². The molecule has 32 heavy (non-hydrogen) atoms. The van der Waals surface area contributed by atoms with Gasteiger partial charge in [0, 0.05) is 10.9 Å². The molecule has 0 saturated carbocycles. The lowest BCUT2D eigenvalue weighted by Crippen LogP contribution is -2.23. The van der Waals surface area contributed by atoms with E-state index in [4.69, 9.17) is 9.47 Å². The maximum atomic E-state index is 12.7. The van der Waals surface area contributed by atoms with Crippen LogP contribution in [-0.2, 0) is 4.79 Å². The zero-order valence-electron chi connectivity index (χ0n) is 19.4. The molecule has 0 spiro atoms. The molecule has 2 heterocycles. The van der Waals surface area contributed by atoms with Gasteiger partial charge >= 0.3 is 0 Å². The van der Waals surface area contributed by atoms with Crippen LogP contribution in [0.25, 0.3) is 0 Å². The largest absolute Gasteiger partial charge is 0.493 e. The van der Waals surface area contributed by atoms with Crippen molar-refractivity contribution in [3.63, 3.8) is 0 Å². The predicted octanol–water partition coefficient (Wildman–Crippen LogP) is 5.20. The standard InChI is InChI=1S/C22H29N5O3S2/c1-12(2)27-19(14(4)30-18-11-9-8-10-17(18)29-7)25-26-22(27)32-16(6)20(28)24-21-23-13(3)15(5)31-21/h8-12,14,16H,1-7H3,(H,23,24,28). The molecule has 2 aromatic heterocycles. The number of aryl methyl sites for hydroxylation is 2. The van der Waals surface area contributed by atoms with Crippen LogP contribution in [0.1, 0.15) is 56.2 Å². The second-order valence-electron chi connectivity index (χ2n) is 7.63. The van der Waals surface area contributed by atoms with Crippen molar-refractivity contribution in [2.75, 3.05) is 12.4 Å². The summed E-state index contributed by atoms with van der Waals surface area (Å²) in [4.78, 5) is 18.2. The van der Waals surface area contributed by atoms with Crippen LogP contribution in [0.2, 0.25) is 0 Å². The van der Waals surface area contributed by atoms with Crippen LogP contribution in [0.4, 0.5) is 5.13 Å². The number of rotatable bonds is 9. The SMILES string of the molecule is COc1ccccc1OC(C)c1nnc(SC(C)C(=O)Nc2nc(C)c(C)s2)n1C(C)C. The smallest absolute Gasteiger partial charge is 0.239 e. The van der Waals surface area contributed by atoms with Gasteiger partial charge < -0.3 is 19.4 Å². The minimum Gasteiger partial charge on any atom is -0.493 e. The zero-order valence-corrected chi connectivity index (χ0v) is 21.0. The number of amides is 1. The summed E-state index contributed by atoms with van der Waals surface area (Å²) in [5.74, 6) is 1.86. The third-order valence-corrected chi connectivity index (χ3v) is 6.90. The number of hydrogen-bond donors (Lipinski definition) is 1. The first-order chi connectivity index (χ1) is 15.2. The van der Waals surface area contributed by atoms with Crippen LogP contribution < -0.4 is 14.8 Å². The highest BCUT2D eigenvalue weighted by Gasteiger charge is 2.25. The highest BCUT2D eigenvalue weighted by molar-refractivity contribution is 8.00. The molecule has 0 radical (unpaired) electrons. The molecule has 0 aliphatic carbocycles. The average Bonchev–Trinajstić information content (AvgIpc) is 3.31. The number of thiazole rings is 1. The number of anilines is 1. The summed E-state index contributed by atoms with van der Waals surface area (Å²) >= 11 is 2.84. The summed E-state index contributed by atoms with van der Waals surface area (Å²) in [5, 5.41) is 12.5. The first kappa shape index (κ1) is 24.1. The Labute approximate surface area is 196 Å². The second-order valence-corrected chi connectivity index (χ2v) is 10.1. The second kappa shape index (κ2) is 10.4. The number of aromatic nitrogens is 4. The third kappa shape index (κ3) is 5.42. The van der Waals surface area contributed by atoms with E-state index in [1.807, 2.05) is 56.5 Å². The number of nitrogens with one attached hydrogen (secondary N) is 1. The molecule has 0 bridgehead atoms. The van der Waals surface area contributed by atoms with E-state index in [1.165, 1.54) is 23.1 Å². The summed E-state index contributed by atoms with van der Waals surface area (Å²) in [5.41, 5.74) is 0.929. The van der Waals surface area contributed by atoms with Gasteiger partial charge in [0.2, 0.25) is 5.91 Å². The number of benzene rings is 1. The van der Waals surface area contributed by atoms with Gasteiger partial charge in [-0.05, 0) is 53.7 Å². The van der Waals surface area contributed by atoms with E-state index in [9.17, 15) is 4.79 Å². The van der Waals surface area contributed by atoms with Crippen molar-refractivity contribution in [3.8, 4) is 11.5 Å². The van der Waals surface area contributed by atoms with Crippen molar-refractivity contribution in [3.05, 3.63) is 40.7 Å². The average molecular weight is 476 g/mol. The lowest BCUT2D eigenvalue weighted by atomic mass is 10.3. The van der Waals surface area contributed by atoms with Crippen LogP contribution in [0.3, 0.4) is 0 Å². The van der Waals surface area contributed by atoms with Gasteiger partial charge in [0.05, 0.1) is 18.1 Å². The highest BCUT2D eigenvalue weighted by atomic mass is 32.2. The fourth-order valence-corrected chi connectivity index (χ4v) is 4.84. The summed E-state index contributed by atoms with van der Waals surface area (Å²) in [6.45, 7) is 11.8. The Balaban J connectivity index is 1.75. The molecular weight excluding hydrogens is 446 g/mol. The van der Waals surface area contributed by atoms with E-state index in [2.05, 4.69) is 34.3 Å². The van der Waals surface area contributed by atoms with Crippen molar-refractivity contribution in [1.29, 1.82) is 0 Å². The topological polar surface area (TPSA) is 91.2 Å². The normalized spacial score (nSPS) is 13.1. The Hall–Kier alpha value is -2.59. The number of carbonyl (C=O) groups excluding carboxylic acids is 1. The summed E-state index contributed by atoms with van der Waals surface area (Å²) < 4.78 is 13.5. The van der Waals surface area contributed by atoms with Crippen LogP contribution in [0.15, 0.2) is 29.4 Å². The number of nitrogens with zero attached hydrogens (tertiary/aromatic N) is 4. The summed E-state index contributed by atoms with van der Waals surface area (Å²) in [7, 11) is 1.61. The van der Waals surface area contributed by atoms with Gasteiger partial charge in [-0.2, -0.15) is 0 Å². The quantitative estimate of drug-likeness (QED) is 0.425. The Kier molecular flexibility index (Phi) is 7.78. The number of methoxy groups -OCH3 is 1. The first-order valence-electron chi connectivity index (χ1n) is 10.4. The van der Waals surface area contributed by atoms with Crippen LogP contribution >= 0.6 is 23.1 Å². The van der Waals surface area contributed by atoms with Crippen LogP contribution in [0.5, 0.6) is 11.5 Å². The molecule has 3 rings (SSSR count). The minimum atomic E-state index is -0.375. The van der Waals surface area contributed by atoms with E-state index >= 15 is 0 Å². The number of para-hydroxylation sites is 2. The molecule has 0 fully saturated rings. The molecule has 0 saturated heterocycles. The Morgan fingerprint density at radius 2 is 1.81 bits per heavy atom. The molecule has 2 atom stereocenters. The number of carbonyl (C=O) groups is 1. The molecule has 1 N–H and O–H groups in total. The van der Waals surface area contributed by atoms with Crippen molar-refractivity contribution >= 4 is 34.1 Å². The lowest BCUT2D eigenvalue weighted by molar-refractivity contribution is -0.115. The maximum Gasteiger partial charge on any atom is 0.239 e. The van der Waals surface area contributed by atoms with E-state index in [0.717, 1.165) is 10.6 Å². The van der Waals surface area contributed by atoms with Crippen molar-refractivity contribution in [1.82, 2.24) is 19.7 Å². The summed E-state index contributed by atoms with van der Waals surface area (Å²) in [6, 6.07) is 7.58. The van der Waals surface area contributed by atoms with Gasteiger partial charge in [0.1, 0.15) is 0 Å². The predicted molar refractivity (Wildman–Crippen MR) is 128 cm³/mol. The molecule has 10 heteroatoms. The molecule has 0 aliphatic rings. The first-order valence-corrected chi connectivity index (χ1v) is 12.1. The molecule has 2 unspecified atom stereocenters. The van der Waals surface area contributed by atoms with E-state index in [-0.39, 0.29) is 23.3 Å². The molecule has 3 aromatic rings. The van der Waals surface area contributed by atoms with E-state index in [1.54, 1.807) is 7.11 Å². The van der Waals surface area contributed by atoms with Crippen molar-refractivity contribution in [2.24, 2.45) is 0 Å². The maximum absolute atomic E-state index is 12.7. The molecule has 172 valence electrons. The van der Waals surface area contributed by atoms with Gasteiger partial charge in [0.15, 0.2) is 33.7 Å². The Morgan fingerprint density at radius 1 is 1.12 bits per heavy atom. The van der Waals surface area contributed by atoms with E-state index < -0.39 is 0 Å². The number of ether oxygens (including phenoxy) is 2. The highest BCUT2D eigenvalue weighted by Crippen LogP contribution is 2.33. The van der Waals surface area contributed by atoms with Gasteiger partial charge in [-0.15, -0.1) is 21.5 Å². The monoisotopic (exact) mass is 475 g/mol. The zero-order chi connectivity index (χ0) is 23.4. The minimum absolute atomic E-state index is 0.0886. The lowest BCUT2D eigenvalue weighted by Gasteiger charge is -2.20. The number of hydrogen-bond acceptors (Lipinski definition) is 8. The van der Waals surface area contributed by atoms with Gasteiger partial charge in [-0.1, -0.05) is 23.9 Å².